The zero-order valence-electron chi connectivity index (χ0n) is 43.8. The minimum absolute atomic E-state index is 0.117. The van der Waals surface area contributed by atoms with E-state index >= 15 is 0 Å². The Morgan fingerprint density at radius 1 is 0.304 bits per heavy atom. The standard InChI is InChI=1S/C63H96O6/c1-4-7-10-13-16-19-22-25-28-30-32-35-38-41-44-47-50-53-56-62(65)68-59-60(58-67-61(64)55-52-49-46-43-40-37-34-27-24-21-18-15-12-9-6-3)69-63(66)57-54-51-48-45-42-39-36-33-31-29-26-23-20-17-14-11-8-5-2/h9-10,12-13,15-36,60H,4-8,11,14,37-59H2,1-3H3/b12-9-,13-10-,18-15-,19-16-,20-17-,24-21-,25-22-,26-23-,30-28-,31-29-,34-27-,35-32-,36-33-. The average molecular weight is 949 g/mol. The average Bonchev–Trinajstić information content (AvgIpc) is 3.35. The number of esters is 3. The molecule has 0 aromatic carbocycles. The number of carbonyl (C=O) groups excluding carboxylic acids is 3. The first kappa shape index (κ1) is 64.0. The number of hydrogen-bond donors (Lipinski definition) is 0. The van der Waals surface area contributed by atoms with Crippen LogP contribution in [0.25, 0.3) is 0 Å². The van der Waals surface area contributed by atoms with Gasteiger partial charge in [0.15, 0.2) is 6.10 Å². The number of ether oxygens (including phenoxy) is 3. The van der Waals surface area contributed by atoms with Crippen molar-refractivity contribution in [3.63, 3.8) is 0 Å². The Morgan fingerprint density at radius 3 is 0.942 bits per heavy atom. The topological polar surface area (TPSA) is 78.9 Å². The van der Waals surface area contributed by atoms with Gasteiger partial charge in [0.1, 0.15) is 13.2 Å². The van der Waals surface area contributed by atoms with Crippen molar-refractivity contribution in [1.29, 1.82) is 0 Å². The van der Waals surface area contributed by atoms with E-state index in [1.165, 1.54) is 25.7 Å². The summed E-state index contributed by atoms with van der Waals surface area (Å²) in [5.74, 6) is -0.997. The predicted octanol–water partition coefficient (Wildman–Crippen LogP) is 18.2. The molecule has 0 aliphatic rings. The lowest BCUT2D eigenvalue weighted by atomic mass is 10.1. The molecule has 0 aromatic heterocycles. The number of unbranched alkanes of at least 4 members (excludes halogenated alkanes) is 19. The molecule has 0 fully saturated rings. The lowest BCUT2D eigenvalue weighted by Gasteiger charge is -2.18. The van der Waals surface area contributed by atoms with E-state index in [9.17, 15) is 14.4 Å². The van der Waals surface area contributed by atoms with Gasteiger partial charge >= 0.3 is 17.9 Å². The number of allylic oxidation sites excluding steroid dienone is 26. The summed E-state index contributed by atoms with van der Waals surface area (Å²) >= 11 is 0. The molecular weight excluding hydrogens is 853 g/mol. The molecule has 0 spiro atoms. The van der Waals surface area contributed by atoms with Gasteiger partial charge < -0.3 is 14.2 Å². The van der Waals surface area contributed by atoms with Crippen LogP contribution in [0.4, 0.5) is 0 Å². The van der Waals surface area contributed by atoms with Gasteiger partial charge in [-0.1, -0.05) is 256 Å². The van der Waals surface area contributed by atoms with Crippen LogP contribution >= 0.6 is 0 Å². The van der Waals surface area contributed by atoms with Crippen molar-refractivity contribution < 1.29 is 28.6 Å². The van der Waals surface area contributed by atoms with Crippen LogP contribution in [0, 0.1) is 0 Å². The molecule has 0 aliphatic heterocycles. The first-order valence-electron chi connectivity index (χ1n) is 27.2. The Bertz CT molecular complexity index is 1610. The Kier molecular flexibility index (Phi) is 51.6. The largest absolute Gasteiger partial charge is 0.462 e. The molecule has 1 atom stereocenters. The van der Waals surface area contributed by atoms with Crippen molar-refractivity contribution in [1.82, 2.24) is 0 Å². The van der Waals surface area contributed by atoms with Gasteiger partial charge in [0.2, 0.25) is 0 Å². The third kappa shape index (κ3) is 53.8. The molecule has 0 amide bonds. The van der Waals surface area contributed by atoms with Crippen molar-refractivity contribution >= 4 is 17.9 Å². The molecule has 1 unspecified atom stereocenters. The van der Waals surface area contributed by atoms with Gasteiger partial charge in [-0.2, -0.15) is 0 Å². The molecule has 69 heavy (non-hydrogen) atoms. The third-order valence-corrected chi connectivity index (χ3v) is 10.8. The molecule has 0 aromatic rings. The maximum atomic E-state index is 12.8. The second kappa shape index (κ2) is 55.6. The van der Waals surface area contributed by atoms with Crippen LogP contribution in [0.5, 0.6) is 0 Å². The Balaban J connectivity index is 4.58. The molecule has 0 N–H and O–H groups in total. The van der Waals surface area contributed by atoms with E-state index in [0.29, 0.717) is 12.8 Å². The summed E-state index contributed by atoms with van der Waals surface area (Å²) in [6.07, 6.45) is 80.6. The predicted molar refractivity (Wildman–Crippen MR) is 297 cm³/mol. The van der Waals surface area contributed by atoms with Crippen molar-refractivity contribution in [3.05, 3.63) is 158 Å². The molecule has 0 saturated heterocycles. The van der Waals surface area contributed by atoms with Gasteiger partial charge in [0.25, 0.3) is 0 Å². The second-order valence-corrected chi connectivity index (χ2v) is 17.4. The first-order chi connectivity index (χ1) is 34.0. The van der Waals surface area contributed by atoms with Crippen LogP contribution in [-0.2, 0) is 28.6 Å². The highest BCUT2D eigenvalue weighted by Gasteiger charge is 2.19. The van der Waals surface area contributed by atoms with Gasteiger partial charge in [0, 0.05) is 19.3 Å². The molecular formula is C63H96O6. The lowest BCUT2D eigenvalue weighted by Crippen LogP contribution is -2.30. The van der Waals surface area contributed by atoms with Crippen LogP contribution in [0.15, 0.2) is 158 Å². The lowest BCUT2D eigenvalue weighted by molar-refractivity contribution is -0.167. The fourth-order valence-electron chi connectivity index (χ4n) is 6.73. The van der Waals surface area contributed by atoms with E-state index in [0.717, 1.165) is 135 Å². The molecule has 6 heteroatoms. The maximum absolute atomic E-state index is 12.8. The normalized spacial score (nSPS) is 13.4. The molecule has 384 valence electrons. The van der Waals surface area contributed by atoms with Crippen LogP contribution in [0.1, 0.15) is 201 Å². The monoisotopic (exact) mass is 949 g/mol. The van der Waals surface area contributed by atoms with Gasteiger partial charge in [-0.25, -0.2) is 0 Å². The first-order valence-corrected chi connectivity index (χ1v) is 27.2. The highest BCUT2D eigenvalue weighted by atomic mass is 16.6. The summed E-state index contributed by atoms with van der Waals surface area (Å²) in [4.78, 5) is 38.1. The van der Waals surface area contributed by atoms with E-state index in [-0.39, 0.29) is 37.5 Å². The summed E-state index contributed by atoms with van der Waals surface area (Å²) in [6, 6.07) is 0. The minimum atomic E-state index is -0.820. The van der Waals surface area contributed by atoms with Crippen molar-refractivity contribution in [3.8, 4) is 0 Å². The van der Waals surface area contributed by atoms with Crippen LogP contribution in [0.2, 0.25) is 0 Å². The zero-order chi connectivity index (χ0) is 50.0. The zero-order valence-corrected chi connectivity index (χ0v) is 43.8. The molecule has 0 aliphatic carbocycles. The van der Waals surface area contributed by atoms with E-state index in [1.54, 1.807) is 0 Å². The van der Waals surface area contributed by atoms with E-state index in [4.69, 9.17) is 14.2 Å². The van der Waals surface area contributed by atoms with E-state index < -0.39 is 6.10 Å². The highest BCUT2D eigenvalue weighted by molar-refractivity contribution is 5.71. The molecule has 0 bridgehead atoms. The van der Waals surface area contributed by atoms with Crippen LogP contribution < -0.4 is 0 Å². The molecule has 0 radical (unpaired) electrons. The number of hydrogen-bond acceptors (Lipinski definition) is 6. The van der Waals surface area contributed by atoms with Gasteiger partial charge in [0.05, 0.1) is 0 Å². The second-order valence-electron chi connectivity index (χ2n) is 17.4. The molecule has 0 heterocycles. The van der Waals surface area contributed by atoms with Crippen molar-refractivity contribution in [2.75, 3.05) is 13.2 Å². The summed E-state index contributed by atoms with van der Waals surface area (Å²) in [5.41, 5.74) is 0. The van der Waals surface area contributed by atoms with Gasteiger partial charge in [-0.3, -0.25) is 14.4 Å². The minimum Gasteiger partial charge on any atom is -0.462 e. The van der Waals surface area contributed by atoms with E-state index in [1.807, 2.05) is 60.8 Å². The third-order valence-electron chi connectivity index (χ3n) is 10.8. The Hall–Kier alpha value is -4.97. The van der Waals surface area contributed by atoms with E-state index in [2.05, 4.69) is 118 Å². The number of carbonyl (C=O) groups is 3. The molecule has 0 rings (SSSR count). The smallest absolute Gasteiger partial charge is 0.306 e. The molecule has 6 nitrogen and oxygen atoms in total. The van der Waals surface area contributed by atoms with Crippen molar-refractivity contribution in [2.45, 2.75) is 207 Å². The quantitative estimate of drug-likeness (QED) is 0.0262. The SMILES string of the molecule is CC\C=C/C=C\C=C/C=C\CCCCCCCC(=O)OCC(COC(=O)CCCCCCC\C=C/C=C\C=C/C=C\C=C/CCC)OC(=O)CCCCCCC\C=C/C=C\C=C/C=C\CCCCC. The van der Waals surface area contributed by atoms with Gasteiger partial charge in [-0.05, 0) is 83.5 Å². The fourth-order valence-corrected chi connectivity index (χ4v) is 6.73. The fraction of sp³-hybridized carbons (Fsp3) is 0.540. The van der Waals surface area contributed by atoms with Crippen LogP contribution in [-0.4, -0.2) is 37.2 Å². The Morgan fingerprint density at radius 2 is 0.594 bits per heavy atom. The van der Waals surface area contributed by atoms with Crippen molar-refractivity contribution in [2.24, 2.45) is 0 Å². The summed E-state index contributed by atoms with van der Waals surface area (Å²) in [7, 11) is 0. The summed E-state index contributed by atoms with van der Waals surface area (Å²) in [5, 5.41) is 0. The van der Waals surface area contributed by atoms with Crippen LogP contribution in [0.3, 0.4) is 0 Å². The highest BCUT2D eigenvalue weighted by Crippen LogP contribution is 2.13. The summed E-state index contributed by atoms with van der Waals surface area (Å²) < 4.78 is 16.8. The summed E-state index contributed by atoms with van der Waals surface area (Å²) in [6.45, 7) is 6.29. The maximum Gasteiger partial charge on any atom is 0.306 e. The Labute approximate surface area is 422 Å². The van der Waals surface area contributed by atoms with Gasteiger partial charge in [-0.15, -0.1) is 0 Å². The molecule has 0 saturated carbocycles. The number of rotatable bonds is 46.